The standard InChI is InChI=1S/C25H20N4O4S/c30-23(16-4-3-11-26-12-16)22-21(15-7-9-17(10-8-15)29(32)33)20-13-34-14-28(20)25(22)18-5-1-2-6-19(18)27-24(25)31/h1-12,20-22H,13-14H2,(H,27,31)/t20-,21+,22+,25-/m1/s1. The molecule has 0 aliphatic carbocycles. The first kappa shape index (κ1) is 21.0. The van der Waals surface area contributed by atoms with Gasteiger partial charge in [-0.25, -0.2) is 0 Å². The van der Waals surface area contributed by atoms with Gasteiger partial charge in [-0.15, -0.1) is 11.8 Å². The Labute approximate surface area is 199 Å². The van der Waals surface area contributed by atoms with Crippen molar-refractivity contribution in [2.45, 2.75) is 17.5 Å². The van der Waals surface area contributed by atoms with Crippen molar-refractivity contribution in [3.63, 3.8) is 0 Å². The van der Waals surface area contributed by atoms with Crippen molar-refractivity contribution in [2.75, 3.05) is 16.9 Å². The Morgan fingerprint density at radius 3 is 2.68 bits per heavy atom. The second kappa shape index (κ2) is 7.75. The smallest absolute Gasteiger partial charge is 0.269 e. The van der Waals surface area contributed by atoms with Crippen LogP contribution in [0, 0.1) is 16.0 Å². The predicted molar refractivity (Wildman–Crippen MR) is 128 cm³/mol. The minimum Gasteiger partial charge on any atom is -0.324 e. The Morgan fingerprint density at radius 2 is 1.94 bits per heavy atom. The molecule has 3 aliphatic rings. The number of nitro benzene ring substituents is 1. The van der Waals surface area contributed by atoms with Crippen LogP contribution in [0.5, 0.6) is 0 Å². The van der Waals surface area contributed by atoms with Gasteiger partial charge in [-0.05, 0) is 23.8 Å². The summed E-state index contributed by atoms with van der Waals surface area (Å²) in [7, 11) is 0. The highest BCUT2D eigenvalue weighted by Gasteiger charge is 2.69. The molecule has 1 spiro atoms. The number of thioether (sulfide) groups is 1. The van der Waals surface area contributed by atoms with Crippen molar-refractivity contribution >= 4 is 34.8 Å². The topological polar surface area (TPSA) is 105 Å². The van der Waals surface area contributed by atoms with E-state index in [1.165, 1.54) is 12.1 Å². The third-order valence-electron chi connectivity index (χ3n) is 7.25. The first-order valence-corrected chi connectivity index (χ1v) is 12.1. The Bertz CT molecular complexity index is 1320. The van der Waals surface area contributed by atoms with Crippen LogP contribution in [0.1, 0.15) is 27.4 Å². The number of carbonyl (C=O) groups is 2. The third-order valence-corrected chi connectivity index (χ3v) is 8.28. The summed E-state index contributed by atoms with van der Waals surface area (Å²) in [5, 5.41) is 14.3. The molecule has 0 unspecified atom stereocenters. The molecule has 4 heterocycles. The van der Waals surface area contributed by atoms with E-state index in [-0.39, 0.29) is 29.3 Å². The Morgan fingerprint density at radius 1 is 1.15 bits per heavy atom. The van der Waals surface area contributed by atoms with E-state index >= 15 is 0 Å². The van der Waals surface area contributed by atoms with Gasteiger partial charge in [0.05, 0.1) is 10.8 Å². The number of nitrogens with one attached hydrogen (secondary N) is 1. The van der Waals surface area contributed by atoms with Crippen LogP contribution in [0.25, 0.3) is 0 Å². The van der Waals surface area contributed by atoms with E-state index in [1.54, 1.807) is 48.4 Å². The molecule has 4 atom stereocenters. The van der Waals surface area contributed by atoms with Gasteiger partial charge in [0, 0.05) is 64.9 Å². The van der Waals surface area contributed by atoms with Crippen LogP contribution in [0.3, 0.4) is 0 Å². The number of nitro groups is 1. The zero-order valence-corrected chi connectivity index (χ0v) is 18.8. The van der Waals surface area contributed by atoms with E-state index in [9.17, 15) is 19.7 Å². The van der Waals surface area contributed by atoms with Gasteiger partial charge in [-0.3, -0.25) is 29.6 Å². The summed E-state index contributed by atoms with van der Waals surface area (Å²) in [5.41, 5.74) is 1.62. The molecule has 0 bridgehead atoms. The molecule has 2 saturated heterocycles. The number of non-ortho nitro benzene ring substituents is 1. The van der Waals surface area contributed by atoms with Gasteiger partial charge in [-0.1, -0.05) is 30.3 Å². The van der Waals surface area contributed by atoms with Gasteiger partial charge in [0.2, 0.25) is 5.91 Å². The molecular formula is C25H20N4O4S. The first-order valence-electron chi connectivity index (χ1n) is 11.0. The average Bonchev–Trinajstić information content (AvgIpc) is 3.52. The van der Waals surface area contributed by atoms with Crippen molar-refractivity contribution < 1.29 is 14.5 Å². The number of hydrogen-bond donors (Lipinski definition) is 1. The summed E-state index contributed by atoms with van der Waals surface area (Å²) in [6.07, 6.45) is 3.15. The summed E-state index contributed by atoms with van der Waals surface area (Å²) < 4.78 is 0. The van der Waals surface area contributed by atoms with Crippen LogP contribution < -0.4 is 5.32 Å². The number of para-hydroxylation sites is 1. The van der Waals surface area contributed by atoms with Gasteiger partial charge in [-0.2, -0.15) is 0 Å². The number of fused-ring (bicyclic) bond motifs is 4. The summed E-state index contributed by atoms with van der Waals surface area (Å²) >= 11 is 1.73. The molecule has 1 aromatic heterocycles. The number of benzene rings is 2. The molecule has 8 nitrogen and oxygen atoms in total. The van der Waals surface area contributed by atoms with Crippen LogP contribution in [0.4, 0.5) is 11.4 Å². The molecule has 6 rings (SSSR count). The Hall–Kier alpha value is -3.56. The van der Waals surface area contributed by atoms with E-state index in [1.807, 2.05) is 24.3 Å². The van der Waals surface area contributed by atoms with Gasteiger partial charge in [0.25, 0.3) is 5.69 Å². The maximum Gasteiger partial charge on any atom is 0.269 e. The predicted octanol–water partition coefficient (Wildman–Crippen LogP) is 3.81. The van der Waals surface area contributed by atoms with Crippen LogP contribution in [0.15, 0.2) is 73.1 Å². The minimum atomic E-state index is -1.16. The van der Waals surface area contributed by atoms with Crippen molar-refractivity contribution in [1.82, 2.24) is 9.88 Å². The molecule has 0 saturated carbocycles. The second-order valence-electron chi connectivity index (χ2n) is 8.76. The molecule has 34 heavy (non-hydrogen) atoms. The molecule has 3 aliphatic heterocycles. The minimum absolute atomic E-state index is 0.00629. The lowest BCUT2D eigenvalue weighted by Crippen LogP contribution is -2.52. The van der Waals surface area contributed by atoms with Crippen LogP contribution >= 0.6 is 11.8 Å². The lowest BCUT2D eigenvalue weighted by Gasteiger charge is -2.36. The van der Waals surface area contributed by atoms with Crippen molar-refractivity contribution in [2.24, 2.45) is 5.92 Å². The fourth-order valence-corrected chi connectivity index (χ4v) is 7.24. The fourth-order valence-electron chi connectivity index (χ4n) is 5.91. The quantitative estimate of drug-likeness (QED) is 0.350. The molecule has 2 aromatic carbocycles. The van der Waals surface area contributed by atoms with E-state index < -0.39 is 16.4 Å². The molecule has 2 fully saturated rings. The number of ketones is 1. The number of rotatable bonds is 4. The van der Waals surface area contributed by atoms with E-state index in [4.69, 9.17) is 0 Å². The molecule has 1 amide bonds. The van der Waals surface area contributed by atoms with Crippen molar-refractivity contribution in [3.8, 4) is 0 Å². The number of carbonyl (C=O) groups excluding carboxylic acids is 2. The second-order valence-corrected chi connectivity index (χ2v) is 9.76. The first-order chi connectivity index (χ1) is 16.5. The van der Waals surface area contributed by atoms with Gasteiger partial charge in [0.15, 0.2) is 5.78 Å². The largest absolute Gasteiger partial charge is 0.324 e. The molecule has 0 radical (unpaired) electrons. The molecule has 9 heteroatoms. The number of Topliss-reactive ketones (excluding diaryl/α,β-unsaturated/α-hetero) is 1. The lowest BCUT2D eigenvalue weighted by molar-refractivity contribution is -0.384. The number of anilines is 1. The van der Waals surface area contributed by atoms with Crippen molar-refractivity contribution in [1.29, 1.82) is 0 Å². The zero-order valence-electron chi connectivity index (χ0n) is 18.0. The molecular weight excluding hydrogens is 452 g/mol. The summed E-state index contributed by atoms with van der Waals surface area (Å²) in [6, 6.07) is 17.3. The molecule has 3 aromatic rings. The van der Waals surface area contributed by atoms with E-state index in [0.29, 0.717) is 11.4 Å². The highest BCUT2D eigenvalue weighted by atomic mass is 32.2. The van der Waals surface area contributed by atoms with Crippen LogP contribution in [0.2, 0.25) is 0 Å². The fraction of sp³-hybridized carbons (Fsp3) is 0.240. The maximum absolute atomic E-state index is 14.2. The maximum atomic E-state index is 14.2. The normalized spacial score (nSPS) is 27.4. The summed E-state index contributed by atoms with van der Waals surface area (Å²) in [5.74, 6) is -0.00811. The number of amides is 1. The number of hydrogen-bond acceptors (Lipinski definition) is 7. The highest BCUT2D eigenvalue weighted by molar-refractivity contribution is 7.99. The number of nitrogens with zero attached hydrogens (tertiary/aromatic N) is 3. The SMILES string of the molecule is O=C(c1cccnc1)[C@@H]1[C@@H](c2ccc([N+](=O)[O-])cc2)[C@H]2CSCN2[C@@]12C(=O)Nc1ccccc12. The molecule has 170 valence electrons. The zero-order chi connectivity index (χ0) is 23.4. The van der Waals surface area contributed by atoms with Gasteiger partial charge >= 0.3 is 0 Å². The monoisotopic (exact) mass is 472 g/mol. The molecule has 1 N–H and O–H groups in total. The average molecular weight is 473 g/mol. The lowest BCUT2D eigenvalue weighted by atomic mass is 9.69. The van der Waals surface area contributed by atoms with Gasteiger partial charge in [0.1, 0.15) is 5.54 Å². The Kier molecular flexibility index (Phi) is 4.79. The third kappa shape index (κ3) is 2.80. The van der Waals surface area contributed by atoms with Crippen LogP contribution in [-0.2, 0) is 10.3 Å². The van der Waals surface area contributed by atoms with E-state index in [2.05, 4.69) is 15.2 Å². The highest BCUT2D eigenvalue weighted by Crippen LogP contribution is 2.61. The summed E-state index contributed by atoms with van der Waals surface area (Å²) in [4.78, 5) is 45.2. The van der Waals surface area contributed by atoms with Gasteiger partial charge < -0.3 is 5.32 Å². The number of pyridine rings is 1. The van der Waals surface area contributed by atoms with Crippen molar-refractivity contribution in [3.05, 3.63) is 99.9 Å². The summed E-state index contributed by atoms with van der Waals surface area (Å²) in [6.45, 7) is 0. The number of aromatic nitrogens is 1. The van der Waals surface area contributed by atoms with Crippen LogP contribution in [-0.4, -0.2) is 44.2 Å². The Balaban J connectivity index is 1.59. The van der Waals surface area contributed by atoms with E-state index in [0.717, 1.165) is 22.6 Å².